The van der Waals surface area contributed by atoms with Gasteiger partial charge in [-0.1, -0.05) is 30.3 Å². The minimum absolute atomic E-state index is 0.0458. The Morgan fingerprint density at radius 3 is 2.31 bits per heavy atom. The van der Waals surface area contributed by atoms with E-state index in [1.54, 1.807) is 14.2 Å². The van der Waals surface area contributed by atoms with E-state index in [0.29, 0.717) is 6.54 Å². The molecular weight excluding hydrogens is 206 g/mol. The molecule has 1 atom stereocenters. The first-order chi connectivity index (χ1) is 7.81. The zero-order valence-corrected chi connectivity index (χ0v) is 9.72. The van der Waals surface area contributed by atoms with Gasteiger partial charge in [0.2, 0.25) is 0 Å². The number of nitrogens with one attached hydrogen (secondary N) is 1. The summed E-state index contributed by atoms with van der Waals surface area (Å²) in [5, 5.41) is 12.5. The number of methoxy groups -OCH3 is 2. The standard InChI is InChI=1S/C12H19NO3/c1-15-12(16-2)8-13-11(9-14)10-6-4-3-5-7-10/h3-7,11-14H,8-9H2,1-2H3. The monoisotopic (exact) mass is 225 g/mol. The van der Waals surface area contributed by atoms with Crippen LogP contribution >= 0.6 is 0 Å². The number of ether oxygens (including phenoxy) is 2. The molecule has 0 fully saturated rings. The van der Waals surface area contributed by atoms with Gasteiger partial charge in [-0.3, -0.25) is 0 Å². The van der Waals surface area contributed by atoms with E-state index in [1.807, 2.05) is 30.3 Å². The van der Waals surface area contributed by atoms with Gasteiger partial charge in [0.1, 0.15) is 0 Å². The average Bonchev–Trinajstić information content (AvgIpc) is 2.36. The van der Waals surface area contributed by atoms with Crippen molar-refractivity contribution in [2.75, 3.05) is 27.4 Å². The Labute approximate surface area is 96.2 Å². The van der Waals surface area contributed by atoms with Crippen LogP contribution in [-0.4, -0.2) is 38.8 Å². The Hall–Kier alpha value is -0.940. The lowest BCUT2D eigenvalue weighted by molar-refractivity contribution is -0.100. The minimum atomic E-state index is -0.294. The molecule has 90 valence electrons. The molecule has 0 heterocycles. The van der Waals surface area contributed by atoms with E-state index in [2.05, 4.69) is 5.32 Å². The van der Waals surface area contributed by atoms with Crippen molar-refractivity contribution in [3.63, 3.8) is 0 Å². The molecule has 0 aromatic heterocycles. The lowest BCUT2D eigenvalue weighted by Crippen LogP contribution is -2.34. The summed E-state index contributed by atoms with van der Waals surface area (Å²) in [5.74, 6) is 0. The number of rotatable bonds is 7. The Morgan fingerprint density at radius 2 is 1.81 bits per heavy atom. The Bertz CT molecular complexity index is 275. The molecular formula is C12H19NO3. The van der Waals surface area contributed by atoms with Crippen LogP contribution < -0.4 is 5.32 Å². The maximum atomic E-state index is 9.29. The van der Waals surface area contributed by atoms with Crippen molar-refractivity contribution < 1.29 is 14.6 Å². The molecule has 1 unspecified atom stereocenters. The van der Waals surface area contributed by atoms with Gasteiger partial charge in [0.25, 0.3) is 0 Å². The molecule has 2 N–H and O–H groups in total. The molecule has 0 bridgehead atoms. The van der Waals surface area contributed by atoms with E-state index < -0.39 is 0 Å². The second-order valence-electron chi connectivity index (χ2n) is 3.46. The minimum Gasteiger partial charge on any atom is -0.394 e. The fourth-order valence-electron chi connectivity index (χ4n) is 1.47. The van der Waals surface area contributed by atoms with Crippen molar-refractivity contribution in [2.45, 2.75) is 12.3 Å². The second kappa shape index (κ2) is 7.35. The normalized spacial score (nSPS) is 13.0. The molecule has 0 amide bonds. The third-order valence-corrected chi connectivity index (χ3v) is 2.44. The average molecular weight is 225 g/mol. The van der Waals surface area contributed by atoms with Gasteiger partial charge < -0.3 is 19.9 Å². The van der Waals surface area contributed by atoms with Gasteiger partial charge in [-0.05, 0) is 5.56 Å². The van der Waals surface area contributed by atoms with Crippen molar-refractivity contribution in [3.8, 4) is 0 Å². The summed E-state index contributed by atoms with van der Waals surface area (Å²) in [6.07, 6.45) is -0.294. The highest BCUT2D eigenvalue weighted by Gasteiger charge is 2.12. The first-order valence-electron chi connectivity index (χ1n) is 5.26. The number of aliphatic hydroxyl groups is 1. The van der Waals surface area contributed by atoms with Crippen LogP contribution in [0.1, 0.15) is 11.6 Å². The van der Waals surface area contributed by atoms with Crippen LogP contribution in [0.3, 0.4) is 0 Å². The molecule has 4 heteroatoms. The maximum Gasteiger partial charge on any atom is 0.169 e. The molecule has 0 aliphatic heterocycles. The van der Waals surface area contributed by atoms with Crippen LogP contribution in [0.15, 0.2) is 30.3 Å². The molecule has 0 saturated heterocycles. The van der Waals surface area contributed by atoms with E-state index in [9.17, 15) is 5.11 Å². The fraction of sp³-hybridized carbons (Fsp3) is 0.500. The molecule has 1 aromatic carbocycles. The van der Waals surface area contributed by atoms with Gasteiger partial charge >= 0.3 is 0 Å². The van der Waals surface area contributed by atoms with Crippen LogP contribution in [0.5, 0.6) is 0 Å². The number of hydrogen-bond acceptors (Lipinski definition) is 4. The molecule has 0 aliphatic carbocycles. The molecule has 1 aromatic rings. The van der Waals surface area contributed by atoms with E-state index >= 15 is 0 Å². The smallest absolute Gasteiger partial charge is 0.169 e. The van der Waals surface area contributed by atoms with Gasteiger partial charge in [-0.25, -0.2) is 0 Å². The van der Waals surface area contributed by atoms with Gasteiger partial charge in [0, 0.05) is 20.8 Å². The van der Waals surface area contributed by atoms with Crippen molar-refractivity contribution in [2.24, 2.45) is 0 Å². The van der Waals surface area contributed by atoms with E-state index in [4.69, 9.17) is 9.47 Å². The lowest BCUT2D eigenvalue weighted by atomic mass is 10.1. The van der Waals surface area contributed by atoms with E-state index in [0.717, 1.165) is 5.56 Å². The lowest BCUT2D eigenvalue weighted by Gasteiger charge is -2.20. The summed E-state index contributed by atoms with van der Waals surface area (Å²) in [6.45, 7) is 0.581. The zero-order chi connectivity index (χ0) is 11.8. The Morgan fingerprint density at radius 1 is 1.19 bits per heavy atom. The molecule has 0 radical (unpaired) electrons. The maximum absolute atomic E-state index is 9.29. The molecule has 16 heavy (non-hydrogen) atoms. The molecule has 4 nitrogen and oxygen atoms in total. The summed E-state index contributed by atoms with van der Waals surface area (Å²) < 4.78 is 10.1. The first kappa shape index (κ1) is 13.1. The largest absolute Gasteiger partial charge is 0.394 e. The zero-order valence-electron chi connectivity index (χ0n) is 9.72. The third kappa shape index (κ3) is 3.90. The van der Waals surface area contributed by atoms with Crippen LogP contribution in [-0.2, 0) is 9.47 Å². The van der Waals surface area contributed by atoms with Crippen LogP contribution in [0, 0.1) is 0 Å². The molecule has 0 aliphatic rings. The van der Waals surface area contributed by atoms with Gasteiger partial charge in [0.05, 0.1) is 12.6 Å². The fourth-order valence-corrected chi connectivity index (χ4v) is 1.47. The quantitative estimate of drug-likeness (QED) is 0.678. The summed E-state index contributed by atoms with van der Waals surface area (Å²) in [5.41, 5.74) is 1.05. The molecule has 0 spiro atoms. The second-order valence-corrected chi connectivity index (χ2v) is 3.46. The number of benzene rings is 1. The third-order valence-electron chi connectivity index (χ3n) is 2.44. The summed E-state index contributed by atoms with van der Waals surface area (Å²) in [4.78, 5) is 0. The van der Waals surface area contributed by atoms with Crippen LogP contribution in [0.2, 0.25) is 0 Å². The van der Waals surface area contributed by atoms with E-state index in [1.165, 1.54) is 0 Å². The predicted octanol–water partition coefficient (Wildman–Crippen LogP) is 0.928. The number of aliphatic hydroxyl groups excluding tert-OH is 1. The van der Waals surface area contributed by atoms with Crippen LogP contribution in [0.25, 0.3) is 0 Å². The topological polar surface area (TPSA) is 50.7 Å². The Balaban J connectivity index is 2.50. The van der Waals surface area contributed by atoms with Gasteiger partial charge in [-0.2, -0.15) is 0 Å². The highest BCUT2D eigenvalue weighted by Crippen LogP contribution is 2.11. The summed E-state index contributed by atoms with van der Waals surface area (Å²) in [6, 6.07) is 9.71. The SMILES string of the molecule is COC(CNC(CO)c1ccccc1)OC. The van der Waals surface area contributed by atoms with Gasteiger partial charge in [-0.15, -0.1) is 0 Å². The summed E-state index contributed by atoms with van der Waals surface area (Å²) >= 11 is 0. The first-order valence-corrected chi connectivity index (χ1v) is 5.26. The molecule has 0 saturated carbocycles. The van der Waals surface area contributed by atoms with Crippen molar-refractivity contribution in [1.82, 2.24) is 5.32 Å². The van der Waals surface area contributed by atoms with Crippen LogP contribution in [0.4, 0.5) is 0 Å². The Kier molecular flexibility index (Phi) is 6.03. The van der Waals surface area contributed by atoms with Crippen molar-refractivity contribution in [3.05, 3.63) is 35.9 Å². The summed E-state index contributed by atoms with van der Waals surface area (Å²) in [7, 11) is 3.18. The van der Waals surface area contributed by atoms with E-state index in [-0.39, 0.29) is 18.9 Å². The number of hydrogen-bond donors (Lipinski definition) is 2. The highest BCUT2D eigenvalue weighted by molar-refractivity contribution is 5.18. The van der Waals surface area contributed by atoms with Crippen molar-refractivity contribution >= 4 is 0 Å². The highest BCUT2D eigenvalue weighted by atomic mass is 16.7. The van der Waals surface area contributed by atoms with Crippen molar-refractivity contribution in [1.29, 1.82) is 0 Å². The molecule has 1 rings (SSSR count). The predicted molar refractivity (Wildman–Crippen MR) is 62.1 cm³/mol. The van der Waals surface area contributed by atoms with Gasteiger partial charge in [0.15, 0.2) is 6.29 Å².